The lowest BCUT2D eigenvalue weighted by Gasteiger charge is -2.32. The van der Waals surface area contributed by atoms with Crippen molar-refractivity contribution >= 4 is 30.2 Å². The lowest BCUT2D eigenvalue weighted by atomic mass is 9.95. The van der Waals surface area contributed by atoms with Crippen LogP contribution in [0.25, 0.3) is 0 Å². The molecule has 2 heterocycles. The summed E-state index contributed by atoms with van der Waals surface area (Å²) in [6, 6.07) is -0.828. The number of nitrogens with zero attached hydrogens (tertiary/aromatic N) is 1. The number of carboxylic acids is 1. The van der Waals surface area contributed by atoms with E-state index in [1.807, 2.05) is 6.08 Å². The third kappa shape index (κ3) is 7.61. The molecule has 0 aromatic heterocycles. The third-order valence-electron chi connectivity index (χ3n) is 4.90. The maximum absolute atomic E-state index is 12.4. The van der Waals surface area contributed by atoms with E-state index in [4.69, 9.17) is 11.5 Å². The number of carbonyl (C=O) groups excluding carboxylic acids is 2. The second kappa shape index (κ2) is 11.6. The van der Waals surface area contributed by atoms with Crippen molar-refractivity contribution in [2.24, 2.45) is 11.8 Å². The molecule has 8 heteroatoms. The molecule has 3 N–H and O–H groups in total. The molecule has 2 aliphatic rings. The highest BCUT2D eigenvalue weighted by molar-refractivity contribution is 5.88. The lowest BCUT2D eigenvalue weighted by Crippen LogP contribution is -2.47. The SMILES string of the molecule is C#C[C@H](CC(=O)O)NC(=O)C1CCCN(C(=O)/C=C/C2CCNCC2)C1.Cl. The van der Waals surface area contributed by atoms with Gasteiger partial charge in [-0.2, -0.15) is 0 Å². The van der Waals surface area contributed by atoms with Crippen molar-refractivity contribution in [1.82, 2.24) is 15.5 Å². The Morgan fingerprint density at radius 2 is 2.00 bits per heavy atom. The predicted molar refractivity (Wildman–Crippen MR) is 104 cm³/mol. The monoisotopic (exact) mass is 397 g/mol. The highest BCUT2D eigenvalue weighted by Crippen LogP contribution is 2.18. The van der Waals surface area contributed by atoms with Crippen LogP contribution in [0.1, 0.15) is 32.1 Å². The number of carboxylic acid groups (broad SMARTS) is 1. The second-order valence-electron chi connectivity index (χ2n) is 6.90. The molecule has 0 aromatic rings. The Morgan fingerprint density at radius 1 is 1.30 bits per heavy atom. The van der Waals surface area contributed by atoms with Crippen LogP contribution in [0, 0.1) is 24.2 Å². The molecule has 2 aliphatic heterocycles. The predicted octanol–water partition coefficient (Wildman–Crippen LogP) is 0.795. The zero-order chi connectivity index (χ0) is 18.9. The minimum Gasteiger partial charge on any atom is -0.481 e. The molecule has 2 rings (SSSR count). The van der Waals surface area contributed by atoms with Gasteiger partial charge in [0.2, 0.25) is 11.8 Å². The first-order chi connectivity index (χ1) is 12.5. The summed E-state index contributed by atoms with van der Waals surface area (Å²) in [5.41, 5.74) is 0. The van der Waals surface area contributed by atoms with Gasteiger partial charge in [0.15, 0.2) is 0 Å². The average Bonchev–Trinajstić information content (AvgIpc) is 2.66. The van der Waals surface area contributed by atoms with Crippen molar-refractivity contribution in [3.63, 3.8) is 0 Å². The Labute approximate surface area is 166 Å². The van der Waals surface area contributed by atoms with E-state index in [1.54, 1.807) is 11.0 Å². The number of halogens is 1. The summed E-state index contributed by atoms with van der Waals surface area (Å²) in [5.74, 6) is 0.944. The summed E-state index contributed by atoms with van der Waals surface area (Å²) in [6.45, 7) is 2.92. The molecular weight excluding hydrogens is 370 g/mol. The fourth-order valence-corrected chi connectivity index (χ4v) is 3.37. The number of allylic oxidation sites excluding steroid dienone is 1. The number of rotatable bonds is 6. The molecule has 2 fully saturated rings. The molecule has 27 heavy (non-hydrogen) atoms. The van der Waals surface area contributed by atoms with E-state index < -0.39 is 12.0 Å². The quantitative estimate of drug-likeness (QED) is 0.454. The molecule has 7 nitrogen and oxygen atoms in total. The lowest BCUT2D eigenvalue weighted by molar-refractivity contribution is -0.137. The van der Waals surface area contributed by atoms with Gasteiger partial charge in [-0.3, -0.25) is 14.4 Å². The highest BCUT2D eigenvalue weighted by Gasteiger charge is 2.29. The fraction of sp³-hybridized carbons (Fsp3) is 0.632. The van der Waals surface area contributed by atoms with Gasteiger partial charge in [0.25, 0.3) is 0 Å². The Hall–Kier alpha value is -2.04. The molecule has 0 radical (unpaired) electrons. The van der Waals surface area contributed by atoms with E-state index >= 15 is 0 Å². The Kier molecular flexibility index (Phi) is 9.90. The van der Waals surface area contributed by atoms with Crippen molar-refractivity contribution in [1.29, 1.82) is 0 Å². The van der Waals surface area contributed by atoms with Gasteiger partial charge in [-0.05, 0) is 50.8 Å². The van der Waals surface area contributed by atoms with Crippen LogP contribution in [-0.2, 0) is 14.4 Å². The summed E-state index contributed by atoms with van der Waals surface area (Å²) >= 11 is 0. The van der Waals surface area contributed by atoms with Crippen LogP contribution in [0.15, 0.2) is 12.2 Å². The first-order valence-electron chi connectivity index (χ1n) is 9.15. The number of aliphatic carboxylic acids is 1. The molecule has 0 bridgehead atoms. The smallest absolute Gasteiger partial charge is 0.306 e. The molecule has 150 valence electrons. The number of piperidine rings is 2. The van der Waals surface area contributed by atoms with Gasteiger partial charge in [0.1, 0.15) is 6.04 Å². The fourth-order valence-electron chi connectivity index (χ4n) is 3.37. The van der Waals surface area contributed by atoms with Gasteiger partial charge >= 0.3 is 5.97 Å². The minimum absolute atomic E-state index is 0. The van der Waals surface area contributed by atoms with Crippen molar-refractivity contribution in [2.45, 2.75) is 38.1 Å². The summed E-state index contributed by atoms with van der Waals surface area (Å²) in [5, 5.41) is 14.7. The summed E-state index contributed by atoms with van der Waals surface area (Å²) in [7, 11) is 0. The maximum atomic E-state index is 12.4. The summed E-state index contributed by atoms with van der Waals surface area (Å²) in [6.07, 6.45) is 12.1. The number of terminal acetylenes is 1. The Balaban J connectivity index is 0.00000364. The van der Waals surface area contributed by atoms with E-state index in [2.05, 4.69) is 16.6 Å². The number of carbonyl (C=O) groups is 3. The van der Waals surface area contributed by atoms with Crippen LogP contribution in [0.5, 0.6) is 0 Å². The summed E-state index contributed by atoms with van der Waals surface area (Å²) in [4.78, 5) is 37.2. The van der Waals surface area contributed by atoms with E-state index in [0.717, 1.165) is 32.4 Å². The van der Waals surface area contributed by atoms with Crippen LogP contribution < -0.4 is 10.6 Å². The first-order valence-corrected chi connectivity index (χ1v) is 9.15. The number of nitrogens with one attached hydrogen (secondary N) is 2. The third-order valence-corrected chi connectivity index (χ3v) is 4.90. The largest absolute Gasteiger partial charge is 0.481 e. The number of hydrogen-bond donors (Lipinski definition) is 3. The molecule has 0 saturated carbocycles. The van der Waals surface area contributed by atoms with Gasteiger partial charge in [-0.1, -0.05) is 12.0 Å². The molecule has 2 saturated heterocycles. The van der Waals surface area contributed by atoms with E-state index in [-0.39, 0.29) is 36.6 Å². The van der Waals surface area contributed by atoms with E-state index in [1.165, 1.54) is 0 Å². The number of amides is 2. The molecular formula is C19H28ClN3O4. The standard InChI is InChI=1S/C19H27N3O4.ClH/c1-2-16(12-18(24)25)21-19(26)15-4-3-11-22(13-15)17(23)6-5-14-7-9-20-10-8-14;/h1,5-6,14-16,20H,3-4,7-13H2,(H,21,26)(H,24,25);1H/b6-5+;/t15?,16-;/m1./s1. The van der Waals surface area contributed by atoms with E-state index in [0.29, 0.717) is 25.4 Å². The zero-order valence-electron chi connectivity index (χ0n) is 15.4. The zero-order valence-corrected chi connectivity index (χ0v) is 16.2. The Bertz CT molecular complexity index is 596. The van der Waals surface area contributed by atoms with Crippen molar-refractivity contribution < 1.29 is 19.5 Å². The highest BCUT2D eigenvalue weighted by atomic mass is 35.5. The van der Waals surface area contributed by atoms with Gasteiger partial charge in [0.05, 0.1) is 12.3 Å². The molecule has 2 atom stereocenters. The van der Waals surface area contributed by atoms with Crippen molar-refractivity contribution in [3.8, 4) is 12.3 Å². The normalized spacial score (nSPS) is 21.7. The number of hydrogen-bond acceptors (Lipinski definition) is 4. The number of likely N-dealkylation sites (tertiary alicyclic amines) is 1. The van der Waals surface area contributed by atoms with Crippen molar-refractivity contribution in [3.05, 3.63) is 12.2 Å². The van der Waals surface area contributed by atoms with Gasteiger partial charge in [-0.15, -0.1) is 18.8 Å². The van der Waals surface area contributed by atoms with Crippen LogP contribution in [0.2, 0.25) is 0 Å². The molecule has 0 aliphatic carbocycles. The topological polar surface area (TPSA) is 98.7 Å². The molecule has 2 amide bonds. The average molecular weight is 398 g/mol. The minimum atomic E-state index is -1.06. The van der Waals surface area contributed by atoms with Crippen LogP contribution in [0.3, 0.4) is 0 Å². The van der Waals surface area contributed by atoms with Crippen LogP contribution in [-0.4, -0.2) is 60.0 Å². The molecule has 0 spiro atoms. The maximum Gasteiger partial charge on any atom is 0.306 e. The van der Waals surface area contributed by atoms with Crippen LogP contribution >= 0.6 is 12.4 Å². The second-order valence-corrected chi connectivity index (χ2v) is 6.90. The Morgan fingerprint density at radius 3 is 2.63 bits per heavy atom. The molecule has 0 aromatic carbocycles. The molecule has 1 unspecified atom stereocenters. The first kappa shape index (κ1) is 23.0. The van der Waals surface area contributed by atoms with Gasteiger partial charge in [-0.25, -0.2) is 0 Å². The van der Waals surface area contributed by atoms with Crippen molar-refractivity contribution in [2.75, 3.05) is 26.2 Å². The van der Waals surface area contributed by atoms with Crippen LogP contribution in [0.4, 0.5) is 0 Å². The summed E-state index contributed by atoms with van der Waals surface area (Å²) < 4.78 is 0. The van der Waals surface area contributed by atoms with E-state index in [9.17, 15) is 14.4 Å². The van der Waals surface area contributed by atoms with Gasteiger partial charge in [0, 0.05) is 13.1 Å². The van der Waals surface area contributed by atoms with Gasteiger partial charge < -0.3 is 20.6 Å².